The number of aryl methyl sites for hydroxylation is 3. The minimum atomic E-state index is -3.76. The van der Waals surface area contributed by atoms with E-state index in [4.69, 9.17) is 16.3 Å². The van der Waals surface area contributed by atoms with Crippen LogP contribution in [0.5, 0.6) is 11.6 Å². The summed E-state index contributed by atoms with van der Waals surface area (Å²) in [4.78, 5) is 0.0893. The zero-order valence-electron chi connectivity index (χ0n) is 17.6. The van der Waals surface area contributed by atoms with Gasteiger partial charge in [-0.15, -0.1) is 10.2 Å². The smallest absolute Gasteiger partial charge is 0.261 e. The van der Waals surface area contributed by atoms with Crippen molar-refractivity contribution in [1.29, 1.82) is 0 Å². The molecule has 0 spiro atoms. The second-order valence-electron chi connectivity index (χ2n) is 7.21. The summed E-state index contributed by atoms with van der Waals surface area (Å²) in [6, 6.07) is 16.5. The zero-order valence-corrected chi connectivity index (χ0v) is 19.1. The van der Waals surface area contributed by atoms with Crippen molar-refractivity contribution < 1.29 is 13.2 Å². The van der Waals surface area contributed by atoms with Gasteiger partial charge in [0.2, 0.25) is 5.88 Å². The van der Waals surface area contributed by atoms with E-state index in [1.165, 1.54) is 12.1 Å². The van der Waals surface area contributed by atoms with E-state index in [1.807, 2.05) is 26.8 Å². The maximum atomic E-state index is 12.6. The Hall–Kier alpha value is -3.43. The normalized spacial score (nSPS) is 11.4. The van der Waals surface area contributed by atoms with Crippen LogP contribution in [-0.2, 0) is 10.0 Å². The van der Waals surface area contributed by atoms with Crippen LogP contribution in [0.25, 0.3) is 5.82 Å². The highest BCUT2D eigenvalue weighted by atomic mass is 35.5. The molecular weight excluding hydrogens is 450 g/mol. The molecular formula is C22H20ClN5O3S. The van der Waals surface area contributed by atoms with Gasteiger partial charge in [-0.3, -0.25) is 4.72 Å². The number of sulfonamides is 1. The van der Waals surface area contributed by atoms with Crippen LogP contribution < -0.4 is 9.46 Å². The summed E-state index contributed by atoms with van der Waals surface area (Å²) in [7, 11) is -3.76. The third-order valence-electron chi connectivity index (χ3n) is 4.64. The molecule has 0 aliphatic heterocycles. The summed E-state index contributed by atoms with van der Waals surface area (Å²) in [5, 5.41) is 13.0. The number of ether oxygens (including phenoxy) is 1. The van der Waals surface area contributed by atoms with E-state index < -0.39 is 10.0 Å². The molecule has 0 saturated heterocycles. The minimum absolute atomic E-state index is 0.0893. The number of aromatic nitrogens is 4. The highest BCUT2D eigenvalue weighted by Crippen LogP contribution is 2.25. The third kappa shape index (κ3) is 4.74. The van der Waals surface area contributed by atoms with E-state index >= 15 is 0 Å². The van der Waals surface area contributed by atoms with E-state index in [0.29, 0.717) is 28.2 Å². The van der Waals surface area contributed by atoms with Gasteiger partial charge in [0.15, 0.2) is 5.82 Å². The second-order valence-corrected chi connectivity index (χ2v) is 9.30. The molecule has 164 valence electrons. The Morgan fingerprint density at radius 3 is 2.28 bits per heavy atom. The molecule has 4 rings (SSSR count). The van der Waals surface area contributed by atoms with Crippen molar-refractivity contribution in [2.24, 2.45) is 0 Å². The first-order valence-corrected chi connectivity index (χ1v) is 11.5. The number of rotatable bonds is 6. The number of nitrogens with zero attached hydrogens (tertiary/aromatic N) is 4. The van der Waals surface area contributed by atoms with Crippen molar-refractivity contribution in [3.8, 4) is 17.4 Å². The lowest BCUT2D eigenvalue weighted by Gasteiger charge is -2.10. The largest absolute Gasteiger partial charge is 0.438 e. The molecule has 0 unspecified atom stereocenters. The van der Waals surface area contributed by atoms with E-state index in [2.05, 4.69) is 20.0 Å². The van der Waals surface area contributed by atoms with Crippen LogP contribution in [0.2, 0.25) is 5.02 Å². The van der Waals surface area contributed by atoms with Crippen LogP contribution in [0, 0.1) is 20.8 Å². The van der Waals surface area contributed by atoms with Gasteiger partial charge in [-0.25, -0.2) is 13.1 Å². The van der Waals surface area contributed by atoms with Gasteiger partial charge in [0.05, 0.1) is 10.6 Å². The summed E-state index contributed by atoms with van der Waals surface area (Å²) >= 11 is 6.05. The van der Waals surface area contributed by atoms with E-state index in [9.17, 15) is 8.42 Å². The quantitative estimate of drug-likeness (QED) is 0.434. The minimum Gasteiger partial charge on any atom is -0.438 e. The molecule has 8 nitrogen and oxygen atoms in total. The summed E-state index contributed by atoms with van der Waals surface area (Å²) in [6.07, 6.45) is 0. The lowest BCUT2D eigenvalue weighted by Crippen LogP contribution is -2.12. The molecule has 4 aromatic rings. The van der Waals surface area contributed by atoms with E-state index in [-0.39, 0.29) is 4.90 Å². The molecule has 0 radical (unpaired) electrons. The van der Waals surface area contributed by atoms with Gasteiger partial charge >= 0.3 is 0 Å². The third-order valence-corrected chi connectivity index (χ3v) is 6.42. The molecule has 0 bridgehead atoms. The number of hydrogen-bond acceptors (Lipinski definition) is 6. The summed E-state index contributed by atoms with van der Waals surface area (Å²) in [5.74, 6) is 1.38. The Morgan fingerprint density at radius 2 is 1.69 bits per heavy atom. The van der Waals surface area contributed by atoms with Gasteiger partial charge in [-0.1, -0.05) is 17.7 Å². The topological polar surface area (TPSA) is 99.0 Å². The van der Waals surface area contributed by atoms with Crippen LogP contribution in [0.15, 0.2) is 65.6 Å². The molecule has 0 aliphatic rings. The van der Waals surface area contributed by atoms with Crippen LogP contribution >= 0.6 is 11.6 Å². The Labute approximate surface area is 190 Å². The molecule has 0 saturated carbocycles. The van der Waals surface area contributed by atoms with Gasteiger partial charge in [-0.05, 0) is 74.9 Å². The van der Waals surface area contributed by atoms with Gasteiger partial charge in [0.25, 0.3) is 10.0 Å². The number of anilines is 1. The van der Waals surface area contributed by atoms with E-state index in [0.717, 1.165) is 17.0 Å². The fourth-order valence-corrected chi connectivity index (χ4v) is 4.34. The highest BCUT2D eigenvalue weighted by Gasteiger charge is 2.15. The molecule has 32 heavy (non-hydrogen) atoms. The number of halogens is 1. The summed E-state index contributed by atoms with van der Waals surface area (Å²) in [6.45, 7) is 5.66. The molecule has 2 aromatic heterocycles. The van der Waals surface area contributed by atoms with Gasteiger partial charge in [0, 0.05) is 22.5 Å². The summed E-state index contributed by atoms with van der Waals surface area (Å²) < 4.78 is 35.1. The average molecular weight is 470 g/mol. The molecule has 0 fully saturated rings. The summed E-state index contributed by atoms with van der Waals surface area (Å²) in [5.41, 5.74) is 3.04. The molecule has 0 amide bonds. The van der Waals surface area contributed by atoms with Crippen molar-refractivity contribution in [1.82, 2.24) is 20.0 Å². The lowest BCUT2D eigenvalue weighted by atomic mass is 10.2. The zero-order chi connectivity index (χ0) is 22.9. The first-order chi connectivity index (χ1) is 15.2. The highest BCUT2D eigenvalue weighted by molar-refractivity contribution is 7.92. The SMILES string of the molecule is Cc1cc(C)n(-c2ccc(Oc3ccc(NS(=O)(=O)c4ccc(C)c(Cl)c4)cc3)nn2)n1. The fourth-order valence-electron chi connectivity index (χ4n) is 3.01. The van der Waals surface area contributed by atoms with E-state index in [1.54, 1.807) is 47.1 Å². The van der Waals surface area contributed by atoms with Crippen molar-refractivity contribution in [3.05, 3.63) is 82.6 Å². The monoisotopic (exact) mass is 469 g/mol. The first-order valence-electron chi connectivity index (χ1n) is 9.65. The molecule has 0 aliphatic carbocycles. The predicted molar refractivity (Wildman–Crippen MR) is 122 cm³/mol. The van der Waals surface area contributed by atoms with Gasteiger partial charge in [-0.2, -0.15) is 5.10 Å². The maximum absolute atomic E-state index is 12.6. The standard InChI is InChI=1S/C22H20ClN5O3S/c1-14-4-9-19(13-20(14)23)32(29,30)27-17-5-7-18(8-6-17)31-22-11-10-21(24-25-22)28-16(3)12-15(2)26-28/h4-13,27H,1-3H3. The van der Waals surface area contributed by atoms with Crippen molar-refractivity contribution >= 4 is 27.3 Å². The maximum Gasteiger partial charge on any atom is 0.261 e. The van der Waals surface area contributed by atoms with Gasteiger partial charge < -0.3 is 4.74 Å². The van der Waals surface area contributed by atoms with Crippen molar-refractivity contribution in [2.45, 2.75) is 25.7 Å². The Bertz CT molecular complexity index is 1370. The Morgan fingerprint density at radius 1 is 0.938 bits per heavy atom. The Kier molecular flexibility index (Phi) is 5.86. The molecule has 10 heteroatoms. The van der Waals surface area contributed by atoms with Crippen LogP contribution in [0.1, 0.15) is 17.0 Å². The van der Waals surface area contributed by atoms with Crippen molar-refractivity contribution in [3.63, 3.8) is 0 Å². The number of hydrogen-bond donors (Lipinski definition) is 1. The van der Waals surface area contributed by atoms with Crippen LogP contribution in [-0.4, -0.2) is 28.4 Å². The second kappa shape index (κ2) is 8.60. The number of benzene rings is 2. The molecule has 1 N–H and O–H groups in total. The lowest BCUT2D eigenvalue weighted by molar-refractivity contribution is 0.454. The van der Waals surface area contributed by atoms with Crippen molar-refractivity contribution in [2.75, 3.05) is 4.72 Å². The fraction of sp³-hybridized carbons (Fsp3) is 0.136. The molecule has 2 aromatic carbocycles. The van der Waals surface area contributed by atoms with Crippen LogP contribution in [0.3, 0.4) is 0 Å². The molecule has 0 atom stereocenters. The Balaban J connectivity index is 1.44. The molecule has 2 heterocycles. The number of nitrogens with one attached hydrogen (secondary N) is 1. The first kappa shape index (κ1) is 21.8. The van der Waals surface area contributed by atoms with Crippen LogP contribution in [0.4, 0.5) is 5.69 Å². The van der Waals surface area contributed by atoms with Gasteiger partial charge in [0.1, 0.15) is 5.75 Å². The predicted octanol–water partition coefficient (Wildman–Crippen LogP) is 4.83. The average Bonchev–Trinajstić information content (AvgIpc) is 3.09.